The molecule has 4 heteroatoms. The lowest BCUT2D eigenvalue weighted by Crippen LogP contribution is -2.45. The van der Waals surface area contributed by atoms with Gasteiger partial charge in [-0.1, -0.05) is 37.3 Å². The minimum absolute atomic E-state index is 0.219. The normalized spacial score (nSPS) is 21.4. The molecule has 128 valence electrons. The van der Waals surface area contributed by atoms with Gasteiger partial charge in [-0.2, -0.15) is 5.10 Å². The van der Waals surface area contributed by atoms with Gasteiger partial charge in [0, 0.05) is 18.5 Å². The second-order valence-electron chi connectivity index (χ2n) is 7.17. The number of hydrogen-bond donors (Lipinski definition) is 0. The average Bonchev–Trinajstić information content (AvgIpc) is 3.03. The lowest BCUT2D eigenvalue weighted by Gasteiger charge is -2.37. The first-order valence-corrected chi connectivity index (χ1v) is 8.95. The van der Waals surface area contributed by atoms with E-state index in [-0.39, 0.29) is 11.9 Å². The van der Waals surface area contributed by atoms with Crippen LogP contribution in [-0.2, 0) is 11.2 Å². The van der Waals surface area contributed by atoms with E-state index in [1.165, 1.54) is 5.56 Å². The summed E-state index contributed by atoms with van der Waals surface area (Å²) in [6, 6.07) is 13.0. The van der Waals surface area contributed by atoms with Crippen molar-refractivity contribution in [2.75, 3.05) is 4.90 Å². The maximum absolute atomic E-state index is 12.9. The number of anilines is 1. The van der Waals surface area contributed by atoms with Gasteiger partial charge in [0.25, 0.3) is 0 Å². The van der Waals surface area contributed by atoms with Crippen LogP contribution in [0.4, 0.5) is 5.82 Å². The van der Waals surface area contributed by atoms with Crippen molar-refractivity contribution in [2.24, 2.45) is 5.92 Å². The quantitative estimate of drug-likeness (QED) is 0.825. The molecule has 0 N–H and O–H groups in total. The Balaban J connectivity index is 1.61. The van der Waals surface area contributed by atoms with Crippen LogP contribution in [0.1, 0.15) is 51.6 Å². The van der Waals surface area contributed by atoms with E-state index in [0.717, 1.165) is 25.1 Å². The summed E-state index contributed by atoms with van der Waals surface area (Å²) in [4.78, 5) is 14.8. The van der Waals surface area contributed by atoms with Crippen molar-refractivity contribution in [3.05, 3.63) is 48.2 Å². The monoisotopic (exact) mass is 325 g/mol. The van der Waals surface area contributed by atoms with Crippen molar-refractivity contribution in [1.82, 2.24) is 9.78 Å². The van der Waals surface area contributed by atoms with Crippen LogP contribution < -0.4 is 4.90 Å². The zero-order chi connectivity index (χ0) is 17.1. The molecule has 24 heavy (non-hydrogen) atoms. The van der Waals surface area contributed by atoms with Crippen molar-refractivity contribution in [1.29, 1.82) is 0 Å². The molecule has 1 aliphatic heterocycles. The van der Waals surface area contributed by atoms with E-state index in [1.54, 1.807) is 6.20 Å². The third kappa shape index (κ3) is 3.53. The smallest absolute Gasteiger partial charge is 0.228 e. The van der Waals surface area contributed by atoms with Crippen LogP contribution in [0.3, 0.4) is 0 Å². The molecule has 0 saturated heterocycles. The predicted molar refractivity (Wildman–Crippen MR) is 97.0 cm³/mol. The molecule has 0 saturated carbocycles. The number of aryl methyl sites for hydroxylation is 1. The Bertz CT molecular complexity index is 679. The number of rotatable bonds is 5. The maximum atomic E-state index is 12.9. The summed E-state index contributed by atoms with van der Waals surface area (Å²) in [6.07, 6.45) is 5.41. The maximum Gasteiger partial charge on any atom is 0.228 e. The molecule has 0 fully saturated rings. The fourth-order valence-electron chi connectivity index (χ4n) is 3.69. The lowest BCUT2D eigenvalue weighted by atomic mass is 9.96. The first-order valence-electron chi connectivity index (χ1n) is 8.95. The van der Waals surface area contributed by atoms with Crippen molar-refractivity contribution in [3.8, 4) is 0 Å². The summed E-state index contributed by atoms with van der Waals surface area (Å²) in [5.41, 5.74) is 1.34. The van der Waals surface area contributed by atoms with E-state index in [0.29, 0.717) is 18.4 Å². The van der Waals surface area contributed by atoms with Gasteiger partial charge in [0.05, 0.1) is 12.2 Å². The molecule has 4 nitrogen and oxygen atoms in total. The molecule has 1 aliphatic rings. The van der Waals surface area contributed by atoms with E-state index < -0.39 is 0 Å². The average molecular weight is 325 g/mol. The molecule has 3 rings (SSSR count). The highest BCUT2D eigenvalue weighted by Gasteiger charge is 2.32. The van der Waals surface area contributed by atoms with Gasteiger partial charge in [0.1, 0.15) is 5.82 Å². The van der Waals surface area contributed by atoms with Crippen molar-refractivity contribution in [3.63, 3.8) is 0 Å². The molecule has 0 spiro atoms. The zero-order valence-electron chi connectivity index (χ0n) is 14.9. The van der Waals surface area contributed by atoms with E-state index in [4.69, 9.17) is 0 Å². The number of benzene rings is 1. The molecule has 0 bridgehead atoms. The van der Waals surface area contributed by atoms with Gasteiger partial charge >= 0.3 is 0 Å². The van der Waals surface area contributed by atoms with Crippen molar-refractivity contribution < 1.29 is 4.79 Å². The fraction of sp³-hybridized carbons (Fsp3) is 0.500. The summed E-state index contributed by atoms with van der Waals surface area (Å²) in [7, 11) is 0. The van der Waals surface area contributed by atoms with Crippen LogP contribution in [0.5, 0.6) is 0 Å². The second-order valence-corrected chi connectivity index (χ2v) is 7.17. The Labute approximate surface area is 144 Å². The number of hydrogen-bond acceptors (Lipinski definition) is 2. The Hall–Kier alpha value is -2.10. The molecule has 1 aromatic heterocycles. The van der Waals surface area contributed by atoms with Crippen LogP contribution in [0.2, 0.25) is 0 Å². The highest BCUT2D eigenvalue weighted by atomic mass is 16.2. The van der Waals surface area contributed by atoms with Crippen LogP contribution in [0.15, 0.2) is 42.6 Å². The number of amides is 1. The van der Waals surface area contributed by atoms with Gasteiger partial charge in [0.2, 0.25) is 5.91 Å². The first-order chi connectivity index (χ1) is 11.6. The molecule has 0 radical (unpaired) electrons. The molecular formula is C20H27N3O. The summed E-state index contributed by atoms with van der Waals surface area (Å²) in [5.74, 6) is 1.54. The minimum Gasteiger partial charge on any atom is -0.294 e. The number of carbonyl (C=O) groups is 1. The topological polar surface area (TPSA) is 38.1 Å². The molecule has 1 aromatic carbocycles. The third-order valence-electron chi connectivity index (χ3n) is 5.00. The standard InChI is InChI=1S/C20H27N3O/c1-15(9-10-18-7-5-4-6-8-18)13-20(24)22-16(2)14-17(3)23-19(22)11-12-21-23/h4-8,11-12,15-17H,9-10,13-14H2,1-3H3/t15-,16+,17+/m1/s1. The summed E-state index contributed by atoms with van der Waals surface area (Å²) in [5, 5.41) is 4.38. The summed E-state index contributed by atoms with van der Waals surface area (Å²) >= 11 is 0. The number of nitrogens with zero attached hydrogens (tertiary/aromatic N) is 3. The zero-order valence-corrected chi connectivity index (χ0v) is 14.9. The summed E-state index contributed by atoms with van der Waals surface area (Å²) in [6.45, 7) is 6.48. The molecular weight excluding hydrogens is 298 g/mol. The number of carbonyl (C=O) groups excluding carboxylic acids is 1. The highest BCUT2D eigenvalue weighted by Crippen LogP contribution is 2.32. The van der Waals surface area contributed by atoms with Gasteiger partial charge in [0.15, 0.2) is 0 Å². The molecule has 1 amide bonds. The Morgan fingerprint density at radius 3 is 2.71 bits per heavy atom. The van der Waals surface area contributed by atoms with Gasteiger partial charge in [-0.3, -0.25) is 9.69 Å². The van der Waals surface area contributed by atoms with Crippen LogP contribution in [-0.4, -0.2) is 21.7 Å². The second kappa shape index (κ2) is 7.20. The van der Waals surface area contributed by atoms with E-state index >= 15 is 0 Å². The van der Waals surface area contributed by atoms with Gasteiger partial charge in [-0.25, -0.2) is 4.68 Å². The third-order valence-corrected chi connectivity index (χ3v) is 5.00. The molecule has 0 unspecified atom stereocenters. The van der Waals surface area contributed by atoms with Crippen LogP contribution in [0.25, 0.3) is 0 Å². The van der Waals surface area contributed by atoms with Gasteiger partial charge in [-0.15, -0.1) is 0 Å². The first kappa shape index (κ1) is 16.7. The fourth-order valence-corrected chi connectivity index (χ4v) is 3.69. The van der Waals surface area contributed by atoms with E-state index in [9.17, 15) is 4.79 Å². The molecule has 2 aromatic rings. The number of fused-ring (bicyclic) bond motifs is 1. The van der Waals surface area contributed by atoms with Crippen LogP contribution >= 0.6 is 0 Å². The van der Waals surface area contributed by atoms with Crippen molar-refractivity contribution >= 4 is 11.7 Å². The van der Waals surface area contributed by atoms with E-state index in [2.05, 4.69) is 50.1 Å². The summed E-state index contributed by atoms with van der Waals surface area (Å²) < 4.78 is 1.98. The molecule has 3 atom stereocenters. The SMILES string of the molecule is C[C@H](CCc1ccccc1)CC(=O)N1c2ccnn2[C@@H](C)C[C@@H]1C. The Morgan fingerprint density at radius 2 is 1.96 bits per heavy atom. The van der Waals surface area contributed by atoms with Crippen LogP contribution in [0, 0.1) is 5.92 Å². The van der Waals surface area contributed by atoms with Gasteiger partial charge < -0.3 is 0 Å². The lowest BCUT2D eigenvalue weighted by molar-refractivity contribution is -0.120. The predicted octanol–water partition coefficient (Wildman–Crippen LogP) is 4.23. The minimum atomic E-state index is 0.219. The van der Waals surface area contributed by atoms with Crippen molar-refractivity contribution in [2.45, 2.75) is 58.5 Å². The van der Waals surface area contributed by atoms with E-state index in [1.807, 2.05) is 21.7 Å². The van der Waals surface area contributed by atoms with Gasteiger partial charge in [-0.05, 0) is 44.6 Å². The Kier molecular flexibility index (Phi) is 5.03. The molecule has 2 heterocycles. The largest absolute Gasteiger partial charge is 0.294 e. The highest BCUT2D eigenvalue weighted by molar-refractivity contribution is 5.93. The Morgan fingerprint density at radius 1 is 1.21 bits per heavy atom. The molecule has 0 aliphatic carbocycles. The number of aromatic nitrogens is 2.